The number of rotatable bonds is 8. The van der Waals surface area contributed by atoms with Gasteiger partial charge in [0.15, 0.2) is 0 Å². The molecule has 0 aliphatic rings. The molecule has 0 unspecified atom stereocenters. The van der Waals surface area contributed by atoms with E-state index in [2.05, 4.69) is 206 Å². The SMILES string of the molecule is c1ccc(-c2cc(C(c3ccccc3)c3ccccc3)nc3c2ccc2c(-c4ccccc4)cc(C(c4ccccc4)c4ccccc4)nc23)cc1. The van der Waals surface area contributed by atoms with E-state index in [-0.39, 0.29) is 11.8 Å². The number of hydrogen-bond acceptors (Lipinski definition) is 2. The number of benzene rings is 7. The number of fused-ring (bicyclic) bond motifs is 3. The van der Waals surface area contributed by atoms with Crippen molar-refractivity contribution in [3.05, 3.63) is 240 Å². The Kier molecular flexibility index (Phi) is 8.40. The van der Waals surface area contributed by atoms with Crippen LogP contribution < -0.4 is 0 Å². The maximum atomic E-state index is 5.66. The molecule has 52 heavy (non-hydrogen) atoms. The number of pyridine rings is 2. The van der Waals surface area contributed by atoms with Crippen LogP contribution in [-0.2, 0) is 0 Å². The highest BCUT2D eigenvalue weighted by molar-refractivity contribution is 6.12. The van der Waals surface area contributed by atoms with Crippen molar-refractivity contribution in [2.75, 3.05) is 0 Å². The van der Waals surface area contributed by atoms with Crippen LogP contribution in [0.1, 0.15) is 45.5 Å². The van der Waals surface area contributed by atoms with Crippen LogP contribution in [0.15, 0.2) is 206 Å². The topological polar surface area (TPSA) is 25.8 Å². The summed E-state index contributed by atoms with van der Waals surface area (Å²) >= 11 is 0. The van der Waals surface area contributed by atoms with Crippen LogP contribution in [0.25, 0.3) is 44.1 Å². The Morgan fingerprint density at radius 2 is 0.558 bits per heavy atom. The van der Waals surface area contributed by atoms with Crippen molar-refractivity contribution in [2.45, 2.75) is 11.8 Å². The Labute approximate surface area is 304 Å². The molecule has 246 valence electrons. The van der Waals surface area contributed by atoms with E-state index in [4.69, 9.17) is 9.97 Å². The standard InChI is InChI=1S/C50H36N2/c1-7-19-35(20-8-1)43-33-45(47(37-23-11-3-12-24-37)38-25-13-4-14-26-38)51-49-41(43)31-32-42-44(36-21-9-2-10-22-36)34-46(52-50(42)49)48(39-27-15-5-16-28-39)40-29-17-6-18-30-40/h1-34,47-48H. The first-order valence-corrected chi connectivity index (χ1v) is 17.9. The first-order valence-electron chi connectivity index (χ1n) is 17.9. The van der Waals surface area contributed by atoms with E-state index in [1.165, 1.54) is 22.3 Å². The number of nitrogens with zero attached hydrogens (tertiary/aromatic N) is 2. The van der Waals surface area contributed by atoms with Gasteiger partial charge in [-0.15, -0.1) is 0 Å². The lowest BCUT2D eigenvalue weighted by atomic mass is 9.85. The van der Waals surface area contributed by atoms with Crippen molar-refractivity contribution in [2.24, 2.45) is 0 Å². The summed E-state index contributed by atoms with van der Waals surface area (Å²) in [6, 6.07) is 73.4. The zero-order chi connectivity index (χ0) is 34.7. The Bertz CT molecular complexity index is 2320. The van der Waals surface area contributed by atoms with Crippen molar-refractivity contribution in [1.29, 1.82) is 0 Å². The third-order valence-corrected chi connectivity index (χ3v) is 10.1. The molecular formula is C50H36N2. The van der Waals surface area contributed by atoms with Crippen LogP contribution in [0.4, 0.5) is 0 Å². The van der Waals surface area contributed by atoms with E-state index in [0.717, 1.165) is 55.4 Å². The maximum absolute atomic E-state index is 5.66. The molecule has 0 amide bonds. The summed E-state index contributed by atoms with van der Waals surface area (Å²) in [6.45, 7) is 0. The molecule has 0 radical (unpaired) electrons. The minimum atomic E-state index is -0.0670. The molecule has 9 rings (SSSR count). The second-order valence-electron chi connectivity index (χ2n) is 13.3. The molecule has 0 fully saturated rings. The number of hydrogen-bond donors (Lipinski definition) is 0. The van der Waals surface area contributed by atoms with Crippen molar-refractivity contribution in [3.8, 4) is 22.3 Å². The highest BCUT2D eigenvalue weighted by Gasteiger charge is 2.24. The monoisotopic (exact) mass is 664 g/mol. The van der Waals surface area contributed by atoms with Crippen molar-refractivity contribution >= 4 is 21.8 Å². The molecule has 0 spiro atoms. The molecule has 0 saturated carbocycles. The van der Waals surface area contributed by atoms with Gasteiger partial charge in [-0.05, 0) is 56.6 Å². The van der Waals surface area contributed by atoms with E-state index < -0.39 is 0 Å². The van der Waals surface area contributed by atoms with Crippen molar-refractivity contribution < 1.29 is 0 Å². The average Bonchev–Trinajstić information content (AvgIpc) is 3.23. The third kappa shape index (κ3) is 5.95. The molecule has 7 aromatic carbocycles. The van der Waals surface area contributed by atoms with Crippen LogP contribution in [0.2, 0.25) is 0 Å². The molecule has 2 nitrogen and oxygen atoms in total. The summed E-state index contributed by atoms with van der Waals surface area (Å²) in [6.07, 6.45) is 0. The van der Waals surface area contributed by atoms with Gasteiger partial charge in [0.05, 0.1) is 34.3 Å². The lowest BCUT2D eigenvalue weighted by Crippen LogP contribution is -2.08. The van der Waals surface area contributed by atoms with Gasteiger partial charge in [-0.25, -0.2) is 9.97 Å². The second-order valence-corrected chi connectivity index (χ2v) is 13.3. The molecule has 0 aliphatic heterocycles. The molecule has 0 bridgehead atoms. The summed E-state index contributed by atoms with van der Waals surface area (Å²) in [5.74, 6) is -0.134. The van der Waals surface area contributed by atoms with E-state index >= 15 is 0 Å². The smallest absolute Gasteiger partial charge is 0.0974 e. The van der Waals surface area contributed by atoms with Crippen molar-refractivity contribution in [1.82, 2.24) is 9.97 Å². The zero-order valence-corrected chi connectivity index (χ0v) is 28.7. The lowest BCUT2D eigenvalue weighted by Gasteiger charge is -2.22. The Hall–Kier alpha value is -6.64. The quantitative estimate of drug-likeness (QED) is 0.151. The lowest BCUT2D eigenvalue weighted by molar-refractivity contribution is 0.924. The molecule has 0 aliphatic carbocycles. The Morgan fingerprint density at radius 1 is 0.288 bits per heavy atom. The summed E-state index contributed by atoms with van der Waals surface area (Å²) in [5.41, 5.74) is 13.2. The predicted molar refractivity (Wildman–Crippen MR) is 216 cm³/mol. The summed E-state index contributed by atoms with van der Waals surface area (Å²) in [7, 11) is 0. The minimum Gasteiger partial charge on any atom is -0.249 e. The molecule has 9 aromatic rings. The normalized spacial score (nSPS) is 11.4. The molecular weight excluding hydrogens is 629 g/mol. The molecule has 0 saturated heterocycles. The van der Waals surface area contributed by atoms with Crippen LogP contribution in [0.3, 0.4) is 0 Å². The molecule has 0 N–H and O–H groups in total. The summed E-state index contributed by atoms with van der Waals surface area (Å²) in [4.78, 5) is 11.3. The van der Waals surface area contributed by atoms with Gasteiger partial charge in [0.25, 0.3) is 0 Å². The second kappa shape index (κ2) is 13.9. The fraction of sp³-hybridized carbons (Fsp3) is 0.0400. The Balaban J connectivity index is 1.40. The van der Waals surface area contributed by atoms with Gasteiger partial charge in [0, 0.05) is 10.8 Å². The number of aromatic nitrogens is 2. The fourth-order valence-corrected chi connectivity index (χ4v) is 7.67. The maximum Gasteiger partial charge on any atom is 0.0974 e. The van der Waals surface area contributed by atoms with Crippen LogP contribution in [0.5, 0.6) is 0 Å². The zero-order valence-electron chi connectivity index (χ0n) is 28.7. The fourth-order valence-electron chi connectivity index (χ4n) is 7.67. The van der Waals surface area contributed by atoms with E-state index in [1.807, 2.05) is 0 Å². The minimum absolute atomic E-state index is 0.0670. The van der Waals surface area contributed by atoms with Gasteiger partial charge < -0.3 is 0 Å². The van der Waals surface area contributed by atoms with Crippen LogP contribution >= 0.6 is 0 Å². The average molecular weight is 665 g/mol. The predicted octanol–water partition coefficient (Wildman–Crippen LogP) is 12.5. The van der Waals surface area contributed by atoms with E-state index in [9.17, 15) is 0 Å². The van der Waals surface area contributed by atoms with E-state index in [1.54, 1.807) is 0 Å². The highest BCUT2D eigenvalue weighted by Crippen LogP contribution is 2.42. The van der Waals surface area contributed by atoms with E-state index in [0.29, 0.717) is 0 Å². The van der Waals surface area contributed by atoms with Crippen LogP contribution in [-0.4, -0.2) is 9.97 Å². The van der Waals surface area contributed by atoms with Gasteiger partial charge in [0.1, 0.15) is 0 Å². The van der Waals surface area contributed by atoms with Gasteiger partial charge in [-0.3, -0.25) is 0 Å². The summed E-state index contributed by atoms with van der Waals surface area (Å²) in [5, 5.41) is 2.17. The van der Waals surface area contributed by atoms with Gasteiger partial charge in [-0.2, -0.15) is 0 Å². The van der Waals surface area contributed by atoms with Crippen molar-refractivity contribution in [3.63, 3.8) is 0 Å². The van der Waals surface area contributed by atoms with Gasteiger partial charge in [0.2, 0.25) is 0 Å². The first kappa shape index (κ1) is 31.3. The van der Waals surface area contributed by atoms with Crippen LogP contribution in [0, 0.1) is 0 Å². The Morgan fingerprint density at radius 3 is 0.846 bits per heavy atom. The molecule has 2 heteroatoms. The van der Waals surface area contributed by atoms with Gasteiger partial charge in [-0.1, -0.05) is 194 Å². The third-order valence-electron chi connectivity index (χ3n) is 10.1. The molecule has 0 atom stereocenters. The summed E-state index contributed by atoms with van der Waals surface area (Å²) < 4.78 is 0. The molecule has 2 heterocycles. The van der Waals surface area contributed by atoms with Gasteiger partial charge >= 0.3 is 0 Å². The highest BCUT2D eigenvalue weighted by atomic mass is 14.8. The molecule has 2 aromatic heterocycles. The first-order chi connectivity index (χ1) is 25.8. The largest absolute Gasteiger partial charge is 0.249 e.